The maximum atomic E-state index is 12.0. The number of amides is 2. The summed E-state index contributed by atoms with van der Waals surface area (Å²) in [5.41, 5.74) is 0. The van der Waals surface area contributed by atoms with Gasteiger partial charge in [0.25, 0.3) is 0 Å². The number of likely N-dealkylation sites (tertiary alicyclic amines) is 2. The van der Waals surface area contributed by atoms with Gasteiger partial charge in [-0.05, 0) is 18.8 Å². The third kappa shape index (κ3) is 2.32. The highest BCUT2D eigenvalue weighted by molar-refractivity contribution is 5.75. The topological polar surface area (TPSA) is 32.8 Å². The van der Waals surface area contributed by atoms with Crippen LogP contribution in [0.1, 0.15) is 26.2 Å². The predicted molar refractivity (Wildman–Crippen MR) is 62.4 cm³/mol. The molecule has 2 aliphatic heterocycles. The van der Waals surface area contributed by atoms with Gasteiger partial charge in [-0.3, -0.25) is 0 Å². The van der Waals surface area contributed by atoms with E-state index >= 15 is 0 Å². The molecule has 2 amide bonds. The summed E-state index contributed by atoms with van der Waals surface area (Å²) in [6, 6.07) is 0.211. The second kappa shape index (κ2) is 5.04. The zero-order valence-electron chi connectivity index (χ0n) is 10.3. The van der Waals surface area contributed by atoms with Crippen LogP contribution in [0.15, 0.2) is 0 Å². The number of nitrogens with zero attached hydrogens (tertiary/aromatic N) is 2. The van der Waals surface area contributed by atoms with Gasteiger partial charge in [0, 0.05) is 20.2 Å². The highest BCUT2D eigenvalue weighted by Gasteiger charge is 2.34. The van der Waals surface area contributed by atoms with Crippen LogP contribution in [-0.4, -0.2) is 55.2 Å². The monoisotopic (exact) mass is 226 g/mol. The quantitative estimate of drug-likeness (QED) is 0.716. The number of methoxy groups -OCH3 is 1. The molecule has 2 fully saturated rings. The van der Waals surface area contributed by atoms with E-state index in [1.807, 2.05) is 9.80 Å². The van der Waals surface area contributed by atoms with Crippen molar-refractivity contribution in [3.8, 4) is 0 Å². The number of rotatable bonds is 2. The minimum atomic E-state index is 0.211. The molecule has 0 aromatic carbocycles. The molecule has 0 N–H and O–H groups in total. The molecule has 4 heteroatoms. The van der Waals surface area contributed by atoms with Crippen LogP contribution in [0, 0.1) is 5.92 Å². The summed E-state index contributed by atoms with van der Waals surface area (Å²) in [5.74, 6) is 0.826. The van der Waals surface area contributed by atoms with Crippen molar-refractivity contribution in [1.29, 1.82) is 0 Å². The average Bonchev–Trinajstić information content (AvgIpc) is 2.27. The Morgan fingerprint density at radius 2 is 1.88 bits per heavy atom. The summed E-state index contributed by atoms with van der Waals surface area (Å²) in [6.45, 7) is 5.64. The lowest BCUT2D eigenvalue weighted by molar-refractivity contribution is -0.0173. The van der Waals surface area contributed by atoms with E-state index in [2.05, 4.69) is 6.92 Å². The van der Waals surface area contributed by atoms with E-state index in [1.54, 1.807) is 7.11 Å². The number of urea groups is 1. The number of hydrogen-bond donors (Lipinski definition) is 0. The lowest BCUT2D eigenvalue weighted by atomic mass is 9.94. The Labute approximate surface area is 97.5 Å². The van der Waals surface area contributed by atoms with Gasteiger partial charge in [0.2, 0.25) is 0 Å². The second-order valence-electron chi connectivity index (χ2n) is 4.88. The summed E-state index contributed by atoms with van der Waals surface area (Å²) in [4.78, 5) is 15.9. The van der Waals surface area contributed by atoms with Crippen molar-refractivity contribution in [3.05, 3.63) is 0 Å². The Hall–Kier alpha value is -0.770. The van der Waals surface area contributed by atoms with Crippen LogP contribution < -0.4 is 0 Å². The molecule has 0 bridgehead atoms. The zero-order valence-corrected chi connectivity index (χ0v) is 10.3. The predicted octanol–water partition coefficient (Wildman–Crippen LogP) is 1.56. The highest BCUT2D eigenvalue weighted by atomic mass is 16.5. The van der Waals surface area contributed by atoms with Crippen molar-refractivity contribution >= 4 is 6.03 Å². The Bertz CT molecular complexity index is 243. The molecule has 0 atom stereocenters. The van der Waals surface area contributed by atoms with Crippen molar-refractivity contribution < 1.29 is 9.53 Å². The molecule has 2 heterocycles. The number of piperidine rings is 1. The van der Waals surface area contributed by atoms with Gasteiger partial charge in [0.05, 0.1) is 19.2 Å². The van der Waals surface area contributed by atoms with E-state index < -0.39 is 0 Å². The first-order chi connectivity index (χ1) is 7.74. The first-order valence-electron chi connectivity index (χ1n) is 6.31. The lowest BCUT2D eigenvalue weighted by Crippen LogP contribution is -2.59. The number of carbonyl (C=O) groups excluding carboxylic acids is 1. The highest BCUT2D eigenvalue weighted by Crippen LogP contribution is 2.22. The first kappa shape index (κ1) is 11.7. The summed E-state index contributed by atoms with van der Waals surface area (Å²) in [5, 5.41) is 0. The van der Waals surface area contributed by atoms with Crippen LogP contribution in [0.3, 0.4) is 0 Å². The molecular formula is C12H22N2O2. The van der Waals surface area contributed by atoms with Crippen LogP contribution >= 0.6 is 0 Å². The normalized spacial score (nSPS) is 23.4. The minimum absolute atomic E-state index is 0.211. The van der Waals surface area contributed by atoms with Crippen molar-refractivity contribution in [3.63, 3.8) is 0 Å². The fourth-order valence-electron chi connectivity index (χ4n) is 2.48. The molecule has 92 valence electrons. The molecule has 2 rings (SSSR count). The van der Waals surface area contributed by atoms with Gasteiger partial charge >= 0.3 is 6.03 Å². The summed E-state index contributed by atoms with van der Waals surface area (Å²) in [7, 11) is 1.71. The van der Waals surface area contributed by atoms with Crippen LogP contribution in [-0.2, 0) is 4.74 Å². The fraction of sp³-hybridized carbons (Fsp3) is 0.917. The molecule has 16 heavy (non-hydrogen) atoms. The van der Waals surface area contributed by atoms with Gasteiger partial charge in [-0.25, -0.2) is 4.79 Å². The lowest BCUT2D eigenvalue weighted by Gasteiger charge is -2.42. The van der Waals surface area contributed by atoms with E-state index in [0.717, 1.165) is 32.1 Å². The number of ether oxygens (including phenoxy) is 1. The maximum Gasteiger partial charge on any atom is 0.320 e. The third-order valence-electron chi connectivity index (χ3n) is 3.91. The first-order valence-corrected chi connectivity index (χ1v) is 6.31. The van der Waals surface area contributed by atoms with Gasteiger partial charge in [0.15, 0.2) is 0 Å². The molecule has 2 saturated heterocycles. The summed E-state index contributed by atoms with van der Waals surface area (Å²) >= 11 is 0. The van der Waals surface area contributed by atoms with E-state index in [9.17, 15) is 4.79 Å². The smallest absolute Gasteiger partial charge is 0.320 e. The van der Waals surface area contributed by atoms with Crippen molar-refractivity contribution in [2.24, 2.45) is 5.92 Å². The molecule has 0 aromatic heterocycles. The Morgan fingerprint density at radius 1 is 1.25 bits per heavy atom. The molecule has 0 radical (unpaired) electrons. The van der Waals surface area contributed by atoms with Gasteiger partial charge in [0.1, 0.15) is 0 Å². The van der Waals surface area contributed by atoms with E-state index in [0.29, 0.717) is 0 Å². The van der Waals surface area contributed by atoms with Gasteiger partial charge < -0.3 is 14.5 Å². The van der Waals surface area contributed by atoms with Gasteiger partial charge in [-0.1, -0.05) is 13.3 Å². The van der Waals surface area contributed by atoms with Gasteiger partial charge in [-0.15, -0.1) is 0 Å². The molecule has 0 unspecified atom stereocenters. The molecule has 4 nitrogen and oxygen atoms in total. The standard InChI is InChI=1S/C12H22N2O2/c1-3-10-4-6-13(7-5-10)12(15)14-8-11(9-14)16-2/h10-11H,3-9H2,1-2H3. The average molecular weight is 226 g/mol. The maximum absolute atomic E-state index is 12.0. The zero-order chi connectivity index (χ0) is 11.5. The molecule has 0 aliphatic carbocycles. The SMILES string of the molecule is CCC1CCN(C(=O)N2CC(OC)C2)CC1. The Morgan fingerprint density at radius 3 is 2.38 bits per heavy atom. The molecule has 0 saturated carbocycles. The van der Waals surface area contributed by atoms with E-state index in [4.69, 9.17) is 4.74 Å². The Balaban J connectivity index is 1.75. The largest absolute Gasteiger partial charge is 0.378 e. The number of carbonyl (C=O) groups is 1. The molecule has 0 aromatic rings. The number of hydrogen-bond acceptors (Lipinski definition) is 2. The van der Waals surface area contributed by atoms with Crippen LogP contribution in [0.2, 0.25) is 0 Å². The molecule has 2 aliphatic rings. The summed E-state index contributed by atoms with van der Waals surface area (Å²) in [6.07, 6.45) is 3.85. The van der Waals surface area contributed by atoms with Crippen LogP contribution in [0.5, 0.6) is 0 Å². The van der Waals surface area contributed by atoms with Crippen molar-refractivity contribution in [2.45, 2.75) is 32.3 Å². The molecule has 0 spiro atoms. The Kier molecular flexibility index (Phi) is 3.69. The van der Waals surface area contributed by atoms with Crippen LogP contribution in [0.4, 0.5) is 4.79 Å². The fourth-order valence-corrected chi connectivity index (χ4v) is 2.48. The second-order valence-corrected chi connectivity index (χ2v) is 4.88. The van der Waals surface area contributed by atoms with Crippen molar-refractivity contribution in [1.82, 2.24) is 9.80 Å². The minimum Gasteiger partial charge on any atom is -0.378 e. The summed E-state index contributed by atoms with van der Waals surface area (Å²) < 4.78 is 5.18. The van der Waals surface area contributed by atoms with Gasteiger partial charge in [-0.2, -0.15) is 0 Å². The third-order valence-corrected chi connectivity index (χ3v) is 3.91. The molecular weight excluding hydrogens is 204 g/mol. The van der Waals surface area contributed by atoms with E-state index in [-0.39, 0.29) is 12.1 Å². The van der Waals surface area contributed by atoms with Crippen LogP contribution in [0.25, 0.3) is 0 Å². The van der Waals surface area contributed by atoms with Crippen molar-refractivity contribution in [2.75, 3.05) is 33.3 Å². The van der Waals surface area contributed by atoms with E-state index in [1.165, 1.54) is 19.3 Å².